The van der Waals surface area contributed by atoms with Gasteiger partial charge in [0, 0.05) is 11.1 Å². The molecule has 3 aromatic carbocycles. The lowest BCUT2D eigenvalue weighted by molar-refractivity contribution is 0.617. The van der Waals surface area contributed by atoms with Gasteiger partial charge in [-0.2, -0.15) is 0 Å². The molecule has 5 aromatic rings. The van der Waals surface area contributed by atoms with Crippen LogP contribution in [0, 0.1) is 0 Å². The maximum atomic E-state index is 6.02. The molecular formula is C26H24N2O2. The number of nitrogens with zero attached hydrogens (tertiary/aromatic N) is 2. The predicted molar refractivity (Wildman–Crippen MR) is 120 cm³/mol. The molecule has 0 bridgehead atoms. The van der Waals surface area contributed by atoms with Crippen LogP contribution in [0.25, 0.3) is 45.1 Å². The van der Waals surface area contributed by atoms with Crippen molar-refractivity contribution in [3.63, 3.8) is 0 Å². The minimum atomic E-state index is 0.631. The molecule has 0 radical (unpaired) electrons. The van der Waals surface area contributed by atoms with Gasteiger partial charge in [0.15, 0.2) is 11.2 Å². The van der Waals surface area contributed by atoms with E-state index in [2.05, 4.69) is 48.1 Å². The molecule has 30 heavy (non-hydrogen) atoms. The molecule has 150 valence electrons. The monoisotopic (exact) mass is 396 g/mol. The second-order valence-electron chi connectivity index (χ2n) is 7.72. The Hall–Kier alpha value is -3.40. The Kier molecular flexibility index (Phi) is 4.83. The zero-order valence-electron chi connectivity index (χ0n) is 17.3. The molecule has 0 atom stereocenters. The third-order valence-electron chi connectivity index (χ3n) is 5.36. The number of oxazole rings is 2. The van der Waals surface area contributed by atoms with Crippen LogP contribution in [0.3, 0.4) is 0 Å². The van der Waals surface area contributed by atoms with E-state index in [9.17, 15) is 0 Å². The topological polar surface area (TPSA) is 52.1 Å². The van der Waals surface area contributed by atoms with E-state index >= 15 is 0 Å². The number of benzene rings is 3. The van der Waals surface area contributed by atoms with Crippen molar-refractivity contribution >= 4 is 22.2 Å². The first-order valence-corrected chi connectivity index (χ1v) is 10.6. The Bertz CT molecular complexity index is 1210. The minimum absolute atomic E-state index is 0.631. The molecule has 0 N–H and O–H groups in total. The van der Waals surface area contributed by atoms with E-state index in [1.54, 1.807) is 0 Å². The molecule has 4 nitrogen and oxygen atoms in total. The quantitative estimate of drug-likeness (QED) is 0.304. The molecule has 0 saturated heterocycles. The summed E-state index contributed by atoms with van der Waals surface area (Å²) in [6.07, 6.45) is 4.32. The van der Waals surface area contributed by atoms with E-state index in [-0.39, 0.29) is 0 Å². The standard InChI is InChI=1S/C26H24N2O2/c1-3-5-17-7-13-21-23(15-17)29-25(27-21)19-9-11-20(12-10-19)26-28-22-14-8-18(6-4-2)16-24(22)30-26/h7-16H,3-6H2,1-2H3. The van der Waals surface area contributed by atoms with Crippen molar-refractivity contribution in [2.45, 2.75) is 39.5 Å². The number of rotatable bonds is 6. The van der Waals surface area contributed by atoms with Gasteiger partial charge in [-0.15, -0.1) is 0 Å². The summed E-state index contributed by atoms with van der Waals surface area (Å²) in [6.45, 7) is 4.36. The van der Waals surface area contributed by atoms with Crippen LogP contribution in [0.4, 0.5) is 0 Å². The van der Waals surface area contributed by atoms with Gasteiger partial charge in [-0.3, -0.25) is 0 Å². The van der Waals surface area contributed by atoms with Gasteiger partial charge in [0.1, 0.15) is 11.0 Å². The Labute approximate surface area is 175 Å². The number of fused-ring (bicyclic) bond motifs is 2. The van der Waals surface area contributed by atoms with Crippen molar-refractivity contribution in [1.82, 2.24) is 9.97 Å². The maximum absolute atomic E-state index is 6.02. The Morgan fingerprint density at radius 2 is 1.03 bits per heavy atom. The highest BCUT2D eigenvalue weighted by Gasteiger charge is 2.12. The Balaban J connectivity index is 1.44. The molecule has 0 spiro atoms. The summed E-state index contributed by atoms with van der Waals surface area (Å²) in [6, 6.07) is 20.5. The van der Waals surface area contributed by atoms with E-state index in [0.717, 1.165) is 59.0 Å². The molecule has 2 aromatic heterocycles. The first kappa shape index (κ1) is 18.6. The van der Waals surface area contributed by atoms with Crippen LogP contribution in [0.15, 0.2) is 69.5 Å². The van der Waals surface area contributed by atoms with Gasteiger partial charge in [-0.1, -0.05) is 38.8 Å². The summed E-state index contributed by atoms with van der Waals surface area (Å²) in [7, 11) is 0. The Morgan fingerprint density at radius 1 is 0.600 bits per heavy atom. The van der Waals surface area contributed by atoms with Crippen molar-refractivity contribution in [3.05, 3.63) is 71.8 Å². The summed E-state index contributed by atoms with van der Waals surface area (Å²) in [5.41, 5.74) is 7.87. The molecule has 0 fully saturated rings. The first-order valence-electron chi connectivity index (χ1n) is 10.6. The predicted octanol–water partition coefficient (Wildman–Crippen LogP) is 7.21. The van der Waals surface area contributed by atoms with Crippen LogP contribution in [0.2, 0.25) is 0 Å². The molecule has 2 heterocycles. The van der Waals surface area contributed by atoms with Crippen LogP contribution in [-0.2, 0) is 12.8 Å². The minimum Gasteiger partial charge on any atom is -0.436 e. The van der Waals surface area contributed by atoms with Crippen LogP contribution < -0.4 is 0 Å². The highest BCUT2D eigenvalue weighted by Crippen LogP contribution is 2.29. The summed E-state index contributed by atoms with van der Waals surface area (Å²) < 4.78 is 12.0. The second-order valence-corrected chi connectivity index (χ2v) is 7.72. The lowest BCUT2D eigenvalue weighted by Gasteiger charge is -1.98. The maximum Gasteiger partial charge on any atom is 0.227 e. The third-order valence-corrected chi connectivity index (χ3v) is 5.36. The van der Waals surface area contributed by atoms with Gasteiger partial charge >= 0.3 is 0 Å². The molecule has 0 unspecified atom stereocenters. The van der Waals surface area contributed by atoms with E-state index in [1.165, 1.54) is 11.1 Å². The molecule has 0 aliphatic rings. The highest BCUT2D eigenvalue weighted by atomic mass is 16.4. The molecule has 0 aliphatic heterocycles. The zero-order chi connectivity index (χ0) is 20.5. The average Bonchev–Trinajstić information content (AvgIpc) is 3.38. The van der Waals surface area contributed by atoms with Crippen molar-refractivity contribution < 1.29 is 8.83 Å². The van der Waals surface area contributed by atoms with Crippen molar-refractivity contribution in [3.8, 4) is 22.9 Å². The van der Waals surface area contributed by atoms with E-state index in [0.29, 0.717) is 11.8 Å². The summed E-state index contributed by atoms with van der Waals surface area (Å²) in [4.78, 5) is 9.29. The lowest BCUT2D eigenvalue weighted by Crippen LogP contribution is -1.81. The van der Waals surface area contributed by atoms with Crippen LogP contribution in [-0.4, -0.2) is 9.97 Å². The third kappa shape index (κ3) is 3.50. The normalized spacial score (nSPS) is 11.5. The first-order chi connectivity index (χ1) is 14.7. The van der Waals surface area contributed by atoms with Crippen LogP contribution in [0.5, 0.6) is 0 Å². The number of aromatic nitrogens is 2. The van der Waals surface area contributed by atoms with E-state index in [4.69, 9.17) is 8.83 Å². The Morgan fingerprint density at radius 3 is 1.43 bits per heavy atom. The molecule has 0 amide bonds. The number of hydrogen-bond acceptors (Lipinski definition) is 4. The SMILES string of the molecule is CCCc1ccc2nc(-c3ccc(-c4nc5ccc(CCC)cc5o4)cc3)oc2c1. The molecule has 4 heteroatoms. The van der Waals surface area contributed by atoms with Crippen molar-refractivity contribution in [1.29, 1.82) is 0 Å². The number of aryl methyl sites for hydroxylation is 2. The number of hydrogen-bond donors (Lipinski definition) is 0. The summed E-state index contributed by atoms with van der Waals surface area (Å²) in [5.74, 6) is 1.26. The van der Waals surface area contributed by atoms with Crippen molar-refractivity contribution in [2.24, 2.45) is 0 Å². The van der Waals surface area contributed by atoms with Gasteiger partial charge in [0.2, 0.25) is 11.8 Å². The fraction of sp³-hybridized carbons (Fsp3) is 0.231. The van der Waals surface area contributed by atoms with Crippen molar-refractivity contribution in [2.75, 3.05) is 0 Å². The molecular weight excluding hydrogens is 372 g/mol. The summed E-state index contributed by atoms with van der Waals surface area (Å²) >= 11 is 0. The van der Waals surface area contributed by atoms with Gasteiger partial charge in [-0.05, 0) is 72.5 Å². The molecule has 0 aliphatic carbocycles. The average molecular weight is 396 g/mol. The van der Waals surface area contributed by atoms with Crippen LogP contribution >= 0.6 is 0 Å². The smallest absolute Gasteiger partial charge is 0.227 e. The van der Waals surface area contributed by atoms with Gasteiger partial charge in [0.25, 0.3) is 0 Å². The largest absolute Gasteiger partial charge is 0.436 e. The summed E-state index contributed by atoms with van der Waals surface area (Å²) in [5, 5.41) is 0. The zero-order valence-corrected chi connectivity index (χ0v) is 17.3. The molecule has 0 saturated carbocycles. The van der Waals surface area contributed by atoms with Gasteiger partial charge in [0.05, 0.1) is 0 Å². The molecule has 5 rings (SSSR count). The van der Waals surface area contributed by atoms with E-state index < -0.39 is 0 Å². The second kappa shape index (κ2) is 7.79. The van der Waals surface area contributed by atoms with Crippen LogP contribution in [0.1, 0.15) is 37.8 Å². The fourth-order valence-corrected chi connectivity index (χ4v) is 3.83. The lowest BCUT2D eigenvalue weighted by atomic mass is 10.1. The van der Waals surface area contributed by atoms with Gasteiger partial charge < -0.3 is 8.83 Å². The van der Waals surface area contributed by atoms with E-state index in [1.807, 2.05) is 36.4 Å². The van der Waals surface area contributed by atoms with Gasteiger partial charge in [-0.25, -0.2) is 9.97 Å². The highest BCUT2D eigenvalue weighted by molar-refractivity contribution is 5.79. The fourth-order valence-electron chi connectivity index (χ4n) is 3.83.